The molecule has 0 aromatic rings. The lowest BCUT2D eigenvalue weighted by Crippen LogP contribution is -2.37. The van der Waals surface area contributed by atoms with Crippen molar-refractivity contribution in [2.45, 2.75) is 64.8 Å². The summed E-state index contributed by atoms with van der Waals surface area (Å²) >= 11 is 0. The van der Waals surface area contributed by atoms with Crippen LogP contribution >= 0.6 is 0 Å². The number of rotatable bonds is 4. The van der Waals surface area contributed by atoms with Crippen molar-refractivity contribution in [2.24, 2.45) is 5.92 Å². The third-order valence-electron chi connectivity index (χ3n) is 3.69. The summed E-state index contributed by atoms with van der Waals surface area (Å²) in [6.45, 7) is 9.66. The lowest BCUT2D eigenvalue weighted by Gasteiger charge is -2.37. The van der Waals surface area contributed by atoms with Gasteiger partial charge >= 0.3 is 0 Å². The Morgan fingerprint density at radius 3 is 2.38 bits per heavy atom. The Morgan fingerprint density at radius 2 is 1.88 bits per heavy atom. The minimum absolute atomic E-state index is 0.485. The largest absolute Gasteiger partial charge is 0.381 e. The van der Waals surface area contributed by atoms with E-state index >= 15 is 0 Å². The molecule has 1 rings (SSSR count). The fourth-order valence-electron chi connectivity index (χ4n) is 2.97. The minimum Gasteiger partial charge on any atom is -0.381 e. The Balaban J connectivity index is 2.88. The predicted molar refractivity (Wildman–Crippen MR) is 74.5 cm³/mol. The summed E-state index contributed by atoms with van der Waals surface area (Å²) in [5.74, 6) is 0.713. The smallest absolute Gasteiger partial charge is 0.0725 e. The van der Waals surface area contributed by atoms with E-state index in [0.29, 0.717) is 12.0 Å². The molecule has 0 N–H and O–H groups in total. The van der Waals surface area contributed by atoms with Gasteiger partial charge in [-0.05, 0) is 19.3 Å². The van der Waals surface area contributed by atoms with E-state index in [9.17, 15) is 0 Å². The molecule has 0 saturated heterocycles. The molecule has 1 aliphatic rings. The monoisotopic (exact) mass is 240 g/mol. The number of allylic oxidation sites excluding steroid dienone is 1. The minimum atomic E-state index is -1.17. The van der Waals surface area contributed by atoms with Crippen LogP contribution in [0.5, 0.6) is 0 Å². The van der Waals surface area contributed by atoms with Crippen LogP contribution in [-0.2, 0) is 4.74 Å². The second-order valence-electron chi connectivity index (χ2n) is 5.98. The summed E-state index contributed by atoms with van der Waals surface area (Å²) in [5, 5.41) is 1.75. The van der Waals surface area contributed by atoms with Crippen molar-refractivity contribution in [2.75, 3.05) is 7.11 Å². The number of hydrogen-bond donors (Lipinski definition) is 0. The average Bonchev–Trinajstić information content (AvgIpc) is 2.24. The molecule has 0 bridgehead atoms. The van der Waals surface area contributed by atoms with Crippen LogP contribution in [0.2, 0.25) is 19.6 Å². The van der Waals surface area contributed by atoms with Crippen molar-refractivity contribution in [3.05, 3.63) is 11.3 Å². The summed E-state index contributed by atoms with van der Waals surface area (Å²) in [7, 11) is 0.714. The van der Waals surface area contributed by atoms with Crippen LogP contribution in [0.3, 0.4) is 0 Å². The molecule has 1 fully saturated rings. The molecular formula is C14H28OSi. The maximum absolute atomic E-state index is 5.71. The highest BCUT2D eigenvalue weighted by Crippen LogP contribution is 2.36. The van der Waals surface area contributed by atoms with Gasteiger partial charge in [-0.3, -0.25) is 0 Å². The molecule has 0 aromatic carbocycles. The van der Waals surface area contributed by atoms with E-state index in [2.05, 4.69) is 32.6 Å². The quantitative estimate of drug-likeness (QED) is 0.662. The standard InChI is InChI=1S/C14H28OSi/c1-6-9-14(16(3,4)5)12-10-7-8-11-13(12)15-2/h9,12-13H,6-8,10-11H2,1-5H3/b14-9+/t12-,13-/m1/s1. The van der Waals surface area contributed by atoms with Gasteiger partial charge in [-0.15, -0.1) is 0 Å². The highest BCUT2D eigenvalue weighted by molar-refractivity contribution is 6.83. The van der Waals surface area contributed by atoms with Gasteiger partial charge in [-0.2, -0.15) is 0 Å². The molecule has 94 valence electrons. The zero-order valence-corrected chi connectivity index (χ0v) is 12.7. The molecule has 0 unspecified atom stereocenters. The zero-order chi connectivity index (χ0) is 12.2. The number of ether oxygens (including phenoxy) is 1. The van der Waals surface area contributed by atoms with E-state index in [-0.39, 0.29) is 0 Å². The summed E-state index contributed by atoms with van der Waals surface area (Å²) < 4.78 is 5.71. The van der Waals surface area contributed by atoms with E-state index in [1.54, 1.807) is 5.20 Å². The van der Waals surface area contributed by atoms with E-state index in [1.807, 2.05) is 7.11 Å². The topological polar surface area (TPSA) is 9.23 Å². The van der Waals surface area contributed by atoms with Crippen LogP contribution in [0.4, 0.5) is 0 Å². The van der Waals surface area contributed by atoms with Gasteiger partial charge in [0.25, 0.3) is 0 Å². The SMILES string of the molecule is CC/C=C(\[C@@H]1CCCC[C@H]1OC)[Si](C)(C)C. The van der Waals surface area contributed by atoms with Gasteiger partial charge in [0.15, 0.2) is 0 Å². The van der Waals surface area contributed by atoms with E-state index in [1.165, 1.54) is 32.1 Å². The first-order chi connectivity index (χ1) is 7.50. The van der Waals surface area contributed by atoms with Crippen LogP contribution in [-0.4, -0.2) is 21.3 Å². The first kappa shape index (κ1) is 14.0. The van der Waals surface area contributed by atoms with Gasteiger partial charge in [-0.25, -0.2) is 0 Å². The lowest BCUT2D eigenvalue weighted by atomic mass is 9.85. The molecule has 0 aromatic heterocycles. The first-order valence-electron chi connectivity index (χ1n) is 6.74. The van der Waals surface area contributed by atoms with Crippen LogP contribution in [0.15, 0.2) is 11.3 Å². The summed E-state index contributed by atoms with van der Waals surface area (Å²) in [6.07, 6.45) is 9.48. The summed E-state index contributed by atoms with van der Waals surface area (Å²) in [4.78, 5) is 0. The second-order valence-corrected chi connectivity index (χ2v) is 11.1. The summed E-state index contributed by atoms with van der Waals surface area (Å²) in [6, 6.07) is 0. The molecule has 1 aliphatic carbocycles. The molecule has 0 radical (unpaired) electrons. The molecule has 0 spiro atoms. The van der Waals surface area contributed by atoms with E-state index < -0.39 is 8.07 Å². The molecule has 2 heteroatoms. The van der Waals surface area contributed by atoms with Crippen molar-refractivity contribution >= 4 is 8.07 Å². The Hall–Kier alpha value is -0.0831. The van der Waals surface area contributed by atoms with E-state index in [4.69, 9.17) is 4.74 Å². The highest BCUT2D eigenvalue weighted by Gasteiger charge is 2.33. The maximum atomic E-state index is 5.71. The molecular weight excluding hydrogens is 212 g/mol. The fourth-order valence-corrected chi connectivity index (χ4v) is 5.23. The molecule has 0 aliphatic heterocycles. The Morgan fingerprint density at radius 1 is 1.25 bits per heavy atom. The normalized spacial score (nSPS) is 28.2. The van der Waals surface area contributed by atoms with Crippen molar-refractivity contribution in [1.29, 1.82) is 0 Å². The van der Waals surface area contributed by atoms with Crippen LogP contribution in [0.25, 0.3) is 0 Å². The van der Waals surface area contributed by atoms with Crippen LogP contribution in [0.1, 0.15) is 39.0 Å². The van der Waals surface area contributed by atoms with Gasteiger partial charge in [0.05, 0.1) is 14.2 Å². The Bertz CT molecular complexity index is 240. The van der Waals surface area contributed by atoms with Gasteiger partial charge in [0.2, 0.25) is 0 Å². The van der Waals surface area contributed by atoms with Crippen LogP contribution in [0, 0.1) is 5.92 Å². The average molecular weight is 240 g/mol. The molecule has 0 amide bonds. The third-order valence-corrected chi connectivity index (χ3v) is 6.00. The second kappa shape index (κ2) is 6.01. The van der Waals surface area contributed by atoms with Crippen molar-refractivity contribution in [1.82, 2.24) is 0 Å². The molecule has 16 heavy (non-hydrogen) atoms. The van der Waals surface area contributed by atoms with Crippen molar-refractivity contribution in [3.63, 3.8) is 0 Å². The van der Waals surface area contributed by atoms with Crippen molar-refractivity contribution < 1.29 is 4.74 Å². The highest BCUT2D eigenvalue weighted by atomic mass is 28.3. The Labute approximate surface area is 102 Å². The van der Waals surface area contributed by atoms with Gasteiger partial charge in [0.1, 0.15) is 0 Å². The van der Waals surface area contributed by atoms with Gasteiger partial charge < -0.3 is 4.74 Å². The molecule has 2 atom stereocenters. The van der Waals surface area contributed by atoms with Gasteiger partial charge in [-0.1, -0.05) is 50.7 Å². The maximum Gasteiger partial charge on any atom is 0.0725 e. The van der Waals surface area contributed by atoms with E-state index in [0.717, 1.165) is 0 Å². The Kier molecular flexibility index (Phi) is 5.26. The number of hydrogen-bond acceptors (Lipinski definition) is 1. The third kappa shape index (κ3) is 3.46. The van der Waals surface area contributed by atoms with Crippen molar-refractivity contribution in [3.8, 4) is 0 Å². The molecule has 1 saturated carbocycles. The first-order valence-corrected chi connectivity index (χ1v) is 10.2. The van der Waals surface area contributed by atoms with Crippen LogP contribution < -0.4 is 0 Å². The number of methoxy groups -OCH3 is 1. The molecule has 0 heterocycles. The summed E-state index contributed by atoms with van der Waals surface area (Å²) in [5.41, 5.74) is 0. The lowest BCUT2D eigenvalue weighted by molar-refractivity contribution is 0.0394. The molecule has 1 nitrogen and oxygen atoms in total. The fraction of sp³-hybridized carbons (Fsp3) is 0.857. The predicted octanol–water partition coefficient (Wildman–Crippen LogP) is 4.41. The zero-order valence-electron chi connectivity index (χ0n) is 11.7. The van der Waals surface area contributed by atoms with Gasteiger partial charge in [0, 0.05) is 13.0 Å².